The number of hydrogen-bond donors (Lipinski definition) is 1. The van der Waals surface area contributed by atoms with E-state index in [0.29, 0.717) is 18.3 Å². The van der Waals surface area contributed by atoms with Gasteiger partial charge in [-0.15, -0.1) is 0 Å². The maximum Gasteiger partial charge on any atom is 0.416 e. The van der Waals surface area contributed by atoms with E-state index in [2.05, 4.69) is 5.32 Å². The Morgan fingerprint density at radius 1 is 1.03 bits per heavy atom. The summed E-state index contributed by atoms with van der Waals surface area (Å²) in [6.07, 6.45) is -5.72. The summed E-state index contributed by atoms with van der Waals surface area (Å²) in [4.78, 5) is 24.3. The van der Waals surface area contributed by atoms with Crippen LogP contribution >= 0.6 is 0 Å². The first-order valence-electron chi connectivity index (χ1n) is 8.98. The van der Waals surface area contributed by atoms with E-state index in [1.807, 2.05) is 13.8 Å². The van der Waals surface area contributed by atoms with Crippen molar-refractivity contribution >= 4 is 17.6 Å². The molecule has 1 atom stereocenters. The molecule has 0 bridgehead atoms. The number of alkyl halides is 3. The highest BCUT2D eigenvalue weighted by Gasteiger charge is 2.30. The van der Waals surface area contributed by atoms with Crippen molar-refractivity contribution in [1.82, 2.24) is 0 Å². The van der Waals surface area contributed by atoms with Gasteiger partial charge in [-0.3, -0.25) is 4.79 Å². The lowest BCUT2D eigenvalue weighted by atomic mass is 10.2. The molecule has 1 amide bonds. The molecule has 2 aromatic carbocycles. The highest BCUT2D eigenvalue weighted by Crippen LogP contribution is 2.30. The number of halogens is 3. The molecule has 0 fully saturated rings. The minimum Gasteiger partial charge on any atom is -0.493 e. The van der Waals surface area contributed by atoms with Gasteiger partial charge in [-0.2, -0.15) is 13.2 Å². The van der Waals surface area contributed by atoms with Gasteiger partial charge in [0.2, 0.25) is 0 Å². The van der Waals surface area contributed by atoms with E-state index in [4.69, 9.17) is 9.47 Å². The fraction of sp³-hybridized carbons (Fsp3) is 0.333. The third kappa shape index (κ3) is 6.81. The van der Waals surface area contributed by atoms with Crippen molar-refractivity contribution in [2.24, 2.45) is 5.92 Å². The van der Waals surface area contributed by atoms with Crippen molar-refractivity contribution in [3.05, 3.63) is 59.7 Å². The molecule has 156 valence electrons. The number of hydrogen-bond acceptors (Lipinski definition) is 4. The summed E-state index contributed by atoms with van der Waals surface area (Å²) in [6.45, 7) is 5.90. The van der Waals surface area contributed by atoms with Gasteiger partial charge in [0.15, 0.2) is 6.10 Å². The predicted octanol–water partition coefficient (Wildman–Crippen LogP) is 4.92. The normalized spacial score (nSPS) is 12.4. The topological polar surface area (TPSA) is 64.6 Å². The predicted molar refractivity (Wildman–Crippen MR) is 102 cm³/mol. The number of anilines is 1. The molecule has 0 saturated heterocycles. The molecule has 0 aromatic heterocycles. The number of rotatable bonds is 7. The zero-order valence-electron chi connectivity index (χ0n) is 16.2. The van der Waals surface area contributed by atoms with Crippen molar-refractivity contribution in [2.75, 3.05) is 11.9 Å². The monoisotopic (exact) mass is 409 g/mol. The second-order valence-corrected chi connectivity index (χ2v) is 6.84. The molecular formula is C21H22F3NO4. The molecule has 1 N–H and O–H groups in total. The van der Waals surface area contributed by atoms with Crippen LogP contribution in [-0.4, -0.2) is 24.6 Å². The van der Waals surface area contributed by atoms with Crippen molar-refractivity contribution in [1.29, 1.82) is 0 Å². The summed E-state index contributed by atoms with van der Waals surface area (Å²) in [6, 6.07) is 10.5. The van der Waals surface area contributed by atoms with Gasteiger partial charge in [0.25, 0.3) is 5.91 Å². The molecule has 5 nitrogen and oxygen atoms in total. The van der Waals surface area contributed by atoms with Gasteiger partial charge in [0.1, 0.15) is 5.75 Å². The van der Waals surface area contributed by atoms with Crippen LogP contribution < -0.4 is 10.1 Å². The van der Waals surface area contributed by atoms with E-state index < -0.39 is 29.7 Å². The zero-order valence-corrected chi connectivity index (χ0v) is 16.2. The van der Waals surface area contributed by atoms with Gasteiger partial charge in [0.05, 0.1) is 17.7 Å². The molecule has 29 heavy (non-hydrogen) atoms. The summed E-state index contributed by atoms with van der Waals surface area (Å²) in [5.74, 6) is -0.511. The highest BCUT2D eigenvalue weighted by molar-refractivity contribution is 5.97. The zero-order chi connectivity index (χ0) is 21.6. The van der Waals surface area contributed by atoms with Crippen molar-refractivity contribution in [2.45, 2.75) is 33.1 Å². The fourth-order valence-corrected chi connectivity index (χ4v) is 2.25. The second kappa shape index (κ2) is 9.45. The minimum absolute atomic E-state index is 0.0422. The number of ether oxygens (including phenoxy) is 2. The molecule has 2 rings (SSSR count). The third-order valence-electron chi connectivity index (χ3n) is 3.78. The van der Waals surface area contributed by atoms with E-state index in [9.17, 15) is 22.8 Å². The molecule has 0 radical (unpaired) electrons. The van der Waals surface area contributed by atoms with Crippen molar-refractivity contribution < 1.29 is 32.2 Å². The quantitative estimate of drug-likeness (QED) is 0.659. The fourth-order valence-electron chi connectivity index (χ4n) is 2.25. The summed E-state index contributed by atoms with van der Waals surface area (Å²) >= 11 is 0. The van der Waals surface area contributed by atoms with Gasteiger partial charge in [-0.25, -0.2) is 4.79 Å². The molecule has 8 heteroatoms. The van der Waals surface area contributed by atoms with Gasteiger partial charge in [-0.05, 0) is 55.3 Å². The number of nitrogens with one attached hydrogen (secondary N) is 1. The Balaban J connectivity index is 1.94. The van der Waals surface area contributed by atoms with Crippen LogP contribution in [0, 0.1) is 5.92 Å². The average Bonchev–Trinajstić information content (AvgIpc) is 2.66. The number of amides is 1. The largest absolute Gasteiger partial charge is 0.493 e. The van der Waals surface area contributed by atoms with Crippen LogP contribution in [0.5, 0.6) is 5.75 Å². The van der Waals surface area contributed by atoms with E-state index in [1.165, 1.54) is 31.2 Å². The molecule has 2 aromatic rings. The summed E-state index contributed by atoms with van der Waals surface area (Å²) in [5, 5.41) is 2.31. The molecule has 0 aliphatic rings. The highest BCUT2D eigenvalue weighted by atomic mass is 19.4. The molecule has 0 saturated carbocycles. The van der Waals surface area contributed by atoms with Gasteiger partial charge in [0, 0.05) is 5.69 Å². The van der Waals surface area contributed by atoms with E-state index in [1.54, 1.807) is 12.1 Å². The lowest BCUT2D eigenvalue weighted by Gasteiger charge is -2.15. The lowest BCUT2D eigenvalue weighted by molar-refractivity contribution is -0.137. The van der Waals surface area contributed by atoms with Crippen LogP contribution in [0.3, 0.4) is 0 Å². The minimum atomic E-state index is -4.52. The van der Waals surface area contributed by atoms with Crippen LogP contribution in [0.1, 0.15) is 36.7 Å². The molecular weight excluding hydrogens is 387 g/mol. The Hall–Kier alpha value is -3.03. The Bertz CT molecular complexity index is 848. The maximum atomic E-state index is 12.7. The van der Waals surface area contributed by atoms with Crippen molar-refractivity contribution in [3.8, 4) is 5.75 Å². The summed E-state index contributed by atoms with van der Waals surface area (Å²) in [5.41, 5.74) is -0.709. The standard InChI is InChI=1S/C21H22F3NO4/c1-13(2)12-28-18-9-7-15(8-10-18)20(27)29-14(3)19(26)25-17-6-4-5-16(11-17)21(22,23)24/h4-11,13-14H,12H2,1-3H3,(H,25,26)/t14-/m0/s1. The van der Waals surface area contributed by atoms with E-state index >= 15 is 0 Å². The molecule has 0 aliphatic heterocycles. The number of carbonyl (C=O) groups is 2. The average molecular weight is 409 g/mol. The Labute approximate surface area is 166 Å². The first-order valence-corrected chi connectivity index (χ1v) is 8.98. The van der Waals surface area contributed by atoms with Crippen LogP contribution in [0.2, 0.25) is 0 Å². The van der Waals surface area contributed by atoms with E-state index in [0.717, 1.165) is 12.1 Å². The number of benzene rings is 2. The van der Waals surface area contributed by atoms with E-state index in [-0.39, 0.29) is 11.3 Å². The molecule has 0 spiro atoms. The van der Waals surface area contributed by atoms with Gasteiger partial charge >= 0.3 is 12.1 Å². The first kappa shape index (κ1) is 22.3. The summed E-state index contributed by atoms with van der Waals surface area (Å²) in [7, 11) is 0. The van der Waals surface area contributed by atoms with Crippen LogP contribution in [-0.2, 0) is 15.7 Å². The molecule has 0 aliphatic carbocycles. The smallest absolute Gasteiger partial charge is 0.416 e. The van der Waals surface area contributed by atoms with Crippen LogP contribution in [0.4, 0.5) is 18.9 Å². The Kier molecular flexibility index (Phi) is 7.25. The first-order chi connectivity index (χ1) is 13.6. The number of esters is 1. The lowest BCUT2D eigenvalue weighted by Crippen LogP contribution is -2.30. The van der Waals surface area contributed by atoms with Gasteiger partial charge < -0.3 is 14.8 Å². The molecule has 0 unspecified atom stereocenters. The second-order valence-electron chi connectivity index (χ2n) is 6.84. The SMILES string of the molecule is CC(C)COc1ccc(C(=O)O[C@@H](C)C(=O)Nc2cccc(C(F)(F)F)c2)cc1. The number of carbonyl (C=O) groups excluding carboxylic acids is 2. The van der Waals surface area contributed by atoms with Crippen molar-refractivity contribution in [3.63, 3.8) is 0 Å². The summed E-state index contributed by atoms with van der Waals surface area (Å²) < 4.78 is 48.9. The molecule has 0 heterocycles. The Morgan fingerprint density at radius 3 is 2.28 bits per heavy atom. The third-order valence-corrected chi connectivity index (χ3v) is 3.78. The van der Waals surface area contributed by atoms with Crippen LogP contribution in [0.25, 0.3) is 0 Å². The van der Waals surface area contributed by atoms with Crippen LogP contribution in [0.15, 0.2) is 48.5 Å². The van der Waals surface area contributed by atoms with Gasteiger partial charge in [-0.1, -0.05) is 19.9 Å². The Morgan fingerprint density at radius 2 is 1.69 bits per heavy atom. The maximum absolute atomic E-state index is 12.7.